The van der Waals surface area contributed by atoms with Gasteiger partial charge in [-0.3, -0.25) is 0 Å². The number of hydrogen-bond donors (Lipinski definition) is 0. The number of methoxy groups -OCH3 is 2. The van der Waals surface area contributed by atoms with Gasteiger partial charge in [0.1, 0.15) is 5.82 Å². The Hall–Kier alpha value is -2.21. The van der Waals surface area contributed by atoms with Crippen molar-refractivity contribution in [3.63, 3.8) is 0 Å². The van der Waals surface area contributed by atoms with Gasteiger partial charge >= 0.3 is 0 Å². The van der Waals surface area contributed by atoms with E-state index in [-0.39, 0.29) is 0 Å². The zero-order chi connectivity index (χ0) is 15.9. The average Bonchev–Trinajstić information content (AvgIpc) is 2.55. The van der Waals surface area contributed by atoms with Crippen LogP contribution >= 0.6 is 12.2 Å². The van der Waals surface area contributed by atoms with Crippen molar-refractivity contribution in [1.29, 1.82) is 0 Å². The van der Waals surface area contributed by atoms with Crippen LogP contribution in [0.15, 0.2) is 30.6 Å². The first-order chi connectivity index (χ1) is 10.7. The molecular weight excluding hydrogens is 300 g/mol. The number of ether oxygens (including phenoxy) is 3. The van der Waals surface area contributed by atoms with Crippen LogP contribution in [-0.2, 0) is 11.2 Å². The predicted molar refractivity (Wildman–Crippen MR) is 88.5 cm³/mol. The molecule has 0 spiro atoms. The topological polar surface area (TPSA) is 53.5 Å². The molecular formula is C16H18N2O3S. The molecule has 0 radical (unpaired) electrons. The maximum Gasteiger partial charge on any atom is 0.167 e. The van der Waals surface area contributed by atoms with Gasteiger partial charge < -0.3 is 14.2 Å². The Morgan fingerprint density at radius 1 is 1.05 bits per heavy atom. The number of aromatic nitrogens is 2. The zero-order valence-corrected chi connectivity index (χ0v) is 13.6. The highest BCUT2D eigenvalue weighted by molar-refractivity contribution is 7.80. The molecule has 0 N–H and O–H groups in total. The fourth-order valence-electron chi connectivity index (χ4n) is 1.95. The van der Waals surface area contributed by atoms with Crippen LogP contribution in [0.25, 0.3) is 11.1 Å². The van der Waals surface area contributed by atoms with Crippen molar-refractivity contribution in [3.8, 4) is 22.6 Å². The summed E-state index contributed by atoms with van der Waals surface area (Å²) in [5.41, 5.74) is 1.85. The van der Waals surface area contributed by atoms with Crippen LogP contribution in [0.3, 0.4) is 0 Å². The molecule has 0 aliphatic rings. The molecule has 1 heterocycles. The minimum Gasteiger partial charge on any atom is -0.493 e. The Bertz CT molecular complexity index is 644. The third-order valence-corrected chi connectivity index (χ3v) is 3.29. The summed E-state index contributed by atoms with van der Waals surface area (Å²) >= 11 is 5.09. The molecule has 1 aromatic carbocycles. The average molecular weight is 318 g/mol. The van der Waals surface area contributed by atoms with Crippen LogP contribution in [0.1, 0.15) is 12.7 Å². The second kappa shape index (κ2) is 7.70. The summed E-state index contributed by atoms with van der Waals surface area (Å²) in [6, 6.07) is 5.68. The van der Waals surface area contributed by atoms with Crippen molar-refractivity contribution in [2.45, 2.75) is 13.3 Å². The van der Waals surface area contributed by atoms with Crippen LogP contribution in [0.4, 0.5) is 0 Å². The molecule has 0 saturated heterocycles. The van der Waals surface area contributed by atoms with Gasteiger partial charge in [0.15, 0.2) is 16.5 Å². The highest BCUT2D eigenvalue weighted by atomic mass is 32.1. The largest absolute Gasteiger partial charge is 0.493 e. The van der Waals surface area contributed by atoms with E-state index in [1.807, 2.05) is 25.1 Å². The Balaban J connectivity index is 2.18. The fourth-order valence-corrected chi connectivity index (χ4v) is 2.20. The number of benzene rings is 1. The molecule has 0 atom stereocenters. The lowest BCUT2D eigenvalue weighted by Gasteiger charge is -2.09. The van der Waals surface area contributed by atoms with Crippen molar-refractivity contribution < 1.29 is 14.2 Å². The molecule has 2 aromatic rings. The summed E-state index contributed by atoms with van der Waals surface area (Å²) in [4.78, 5) is 8.65. The Morgan fingerprint density at radius 3 is 2.32 bits per heavy atom. The molecule has 2 rings (SSSR count). The van der Waals surface area contributed by atoms with Crippen molar-refractivity contribution in [2.75, 3.05) is 20.8 Å². The molecule has 6 heteroatoms. The molecule has 0 bridgehead atoms. The van der Waals surface area contributed by atoms with Gasteiger partial charge in [-0.2, -0.15) is 0 Å². The third kappa shape index (κ3) is 3.92. The standard InChI is InChI=1S/C16H18N2O3S/c1-4-21-16(22)8-15-17-9-12(10-18-15)11-5-6-13(19-2)14(7-11)20-3/h5-7,9-10H,4,8H2,1-3H3. The molecule has 0 aliphatic carbocycles. The summed E-state index contributed by atoms with van der Waals surface area (Å²) < 4.78 is 15.8. The highest BCUT2D eigenvalue weighted by Gasteiger charge is 2.08. The van der Waals surface area contributed by atoms with E-state index in [2.05, 4.69) is 9.97 Å². The number of nitrogens with zero attached hydrogens (tertiary/aromatic N) is 2. The van der Waals surface area contributed by atoms with E-state index < -0.39 is 0 Å². The maximum absolute atomic E-state index is 5.30. The molecule has 1 aromatic heterocycles. The third-order valence-electron chi connectivity index (χ3n) is 3.03. The number of thiocarbonyl (C=S) groups is 1. The van der Waals surface area contributed by atoms with Crippen molar-refractivity contribution in [1.82, 2.24) is 9.97 Å². The molecule has 0 aliphatic heterocycles. The van der Waals surface area contributed by atoms with E-state index in [1.165, 1.54) is 0 Å². The van der Waals surface area contributed by atoms with Gasteiger partial charge in [0.2, 0.25) is 0 Å². The lowest BCUT2D eigenvalue weighted by molar-refractivity contribution is 0.329. The van der Waals surface area contributed by atoms with Gasteiger partial charge in [0.25, 0.3) is 0 Å². The summed E-state index contributed by atoms with van der Waals surface area (Å²) in [7, 11) is 3.21. The quantitative estimate of drug-likeness (QED) is 0.763. The summed E-state index contributed by atoms with van der Waals surface area (Å²) in [6.07, 6.45) is 3.96. The van der Waals surface area contributed by atoms with Gasteiger partial charge in [-0.1, -0.05) is 6.07 Å². The summed E-state index contributed by atoms with van der Waals surface area (Å²) in [6.45, 7) is 2.45. The maximum atomic E-state index is 5.30. The van der Waals surface area contributed by atoms with Gasteiger partial charge in [-0.25, -0.2) is 9.97 Å². The second-order valence-corrected chi connectivity index (χ2v) is 4.89. The smallest absolute Gasteiger partial charge is 0.167 e. The minimum absolute atomic E-state index is 0.440. The Morgan fingerprint density at radius 2 is 1.73 bits per heavy atom. The lowest BCUT2D eigenvalue weighted by Crippen LogP contribution is -2.08. The van der Waals surface area contributed by atoms with E-state index in [1.54, 1.807) is 26.6 Å². The van der Waals surface area contributed by atoms with E-state index in [9.17, 15) is 0 Å². The molecule has 22 heavy (non-hydrogen) atoms. The van der Waals surface area contributed by atoms with Crippen molar-refractivity contribution in [3.05, 3.63) is 36.4 Å². The van der Waals surface area contributed by atoms with E-state index in [0.29, 0.717) is 35.4 Å². The lowest BCUT2D eigenvalue weighted by atomic mass is 10.1. The number of rotatable bonds is 6. The van der Waals surface area contributed by atoms with Crippen molar-refractivity contribution in [2.24, 2.45) is 0 Å². The normalized spacial score (nSPS) is 10.1. The van der Waals surface area contributed by atoms with Crippen LogP contribution in [-0.4, -0.2) is 35.8 Å². The molecule has 0 saturated carbocycles. The molecule has 0 unspecified atom stereocenters. The van der Waals surface area contributed by atoms with Crippen LogP contribution in [0.5, 0.6) is 11.5 Å². The number of hydrogen-bond acceptors (Lipinski definition) is 6. The van der Waals surface area contributed by atoms with E-state index >= 15 is 0 Å². The van der Waals surface area contributed by atoms with Gasteiger partial charge in [0.05, 0.1) is 27.2 Å². The van der Waals surface area contributed by atoms with Crippen LogP contribution < -0.4 is 9.47 Å². The SMILES string of the molecule is CCOC(=S)Cc1ncc(-c2ccc(OC)c(OC)c2)cn1. The second-order valence-electron chi connectivity index (χ2n) is 4.44. The first-order valence-corrected chi connectivity index (χ1v) is 7.27. The Kier molecular flexibility index (Phi) is 5.66. The Labute approximate surface area is 135 Å². The van der Waals surface area contributed by atoms with Gasteiger partial charge in [0, 0.05) is 18.0 Å². The predicted octanol–water partition coefficient (Wildman–Crippen LogP) is 3.07. The van der Waals surface area contributed by atoms with E-state index in [4.69, 9.17) is 26.4 Å². The highest BCUT2D eigenvalue weighted by Crippen LogP contribution is 2.31. The first kappa shape index (κ1) is 16.2. The summed E-state index contributed by atoms with van der Waals surface area (Å²) in [5, 5.41) is 0.501. The molecule has 0 fully saturated rings. The first-order valence-electron chi connectivity index (χ1n) is 6.86. The summed E-state index contributed by atoms with van der Waals surface area (Å²) in [5.74, 6) is 2.00. The monoisotopic (exact) mass is 318 g/mol. The van der Waals surface area contributed by atoms with Gasteiger partial charge in [-0.15, -0.1) is 0 Å². The molecule has 116 valence electrons. The zero-order valence-electron chi connectivity index (χ0n) is 12.8. The van der Waals surface area contributed by atoms with Crippen molar-refractivity contribution >= 4 is 17.3 Å². The minimum atomic E-state index is 0.440. The fraction of sp³-hybridized carbons (Fsp3) is 0.312. The van der Waals surface area contributed by atoms with Crippen LogP contribution in [0.2, 0.25) is 0 Å². The molecule has 0 amide bonds. The van der Waals surface area contributed by atoms with E-state index in [0.717, 1.165) is 11.1 Å². The molecule has 5 nitrogen and oxygen atoms in total. The van der Waals surface area contributed by atoms with Crippen LogP contribution in [0, 0.1) is 0 Å². The van der Waals surface area contributed by atoms with Gasteiger partial charge in [-0.05, 0) is 36.8 Å².